The number of amides is 2. The lowest BCUT2D eigenvalue weighted by Crippen LogP contribution is -2.46. The van der Waals surface area contributed by atoms with Gasteiger partial charge in [-0.15, -0.1) is 11.3 Å². The summed E-state index contributed by atoms with van der Waals surface area (Å²) in [6.45, 7) is 4.95. The number of carbonyl (C=O) groups is 2. The zero-order chi connectivity index (χ0) is 20.2. The average Bonchev–Trinajstić information content (AvgIpc) is 2.98. The monoisotopic (exact) mass is 399 g/mol. The Morgan fingerprint density at radius 1 is 1.26 bits per heavy atom. The number of carbonyl (C=O) groups excluding carboxylic acids is 2. The van der Waals surface area contributed by atoms with Crippen LogP contribution in [0.25, 0.3) is 0 Å². The highest BCUT2D eigenvalue weighted by atomic mass is 32.1. The molecule has 1 aromatic heterocycles. The molecule has 0 bridgehead atoms. The van der Waals surface area contributed by atoms with E-state index in [9.17, 15) is 22.8 Å². The number of thiazole rings is 1. The van der Waals surface area contributed by atoms with Gasteiger partial charge in [-0.2, -0.15) is 13.2 Å². The second kappa shape index (κ2) is 8.51. The topological polar surface area (TPSA) is 71.1 Å². The minimum absolute atomic E-state index is 0.113. The summed E-state index contributed by atoms with van der Waals surface area (Å²) in [6.07, 6.45) is -2.60. The fourth-order valence-electron chi connectivity index (χ4n) is 2.44. The van der Waals surface area contributed by atoms with Crippen LogP contribution in [-0.4, -0.2) is 22.8 Å². The van der Waals surface area contributed by atoms with Gasteiger partial charge in [0.2, 0.25) is 11.8 Å². The van der Waals surface area contributed by atoms with Crippen molar-refractivity contribution in [2.24, 2.45) is 5.92 Å². The van der Waals surface area contributed by atoms with Gasteiger partial charge < -0.3 is 10.6 Å². The molecule has 9 heteroatoms. The second-order valence-corrected chi connectivity index (χ2v) is 7.53. The standard InChI is InChI=1S/C18H20F3N3O2S/c1-10(2)15(23-11(3)25)16(26)24-17-22-9-14(27-17)8-12-5-4-6-13(7-12)18(19,20)21/h4-7,9-10,15H,8H2,1-3H3,(H,23,25)(H,22,24,26)/t15-/m0/s1. The van der Waals surface area contributed by atoms with Crippen molar-refractivity contribution in [3.8, 4) is 0 Å². The zero-order valence-corrected chi connectivity index (χ0v) is 15.9. The summed E-state index contributed by atoms with van der Waals surface area (Å²) in [7, 11) is 0. The van der Waals surface area contributed by atoms with Crippen LogP contribution in [0.2, 0.25) is 0 Å². The summed E-state index contributed by atoms with van der Waals surface area (Å²) in [5.41, 5.74) is -0.197. The molecule has 27 heavy (non-hydrogen) atoms. The molecule has 0 radical (unpaired) electrons. The average molecular weight is 399 g/mol. The third-order valence-corrected chi connectivity index (χ3v) is 4.64. The van der Waals surface area contributed by atoms with Crippen LogP contribution in [0.1, 0.15) is 36.8 Å². The van der Waals surface area contributed by atoms with Crippen molar-refractivity contribution in [3.05, 3.63) is 46.5 Å². The molecule has 1 aromatic carbocycles. The van der Waals surface area contributed by atoms with Crippen molar-refractivity contribution in [2.45, 2.75) is 39.4 Å². The first-order valence-corrected chi connectivity index (χ1v) is 9.06. The van der Waals surface area contributed by atoms with E-state index in [2.05, 4.69) is 15.6 Å². The van der Waals surface area contributed by atoms with Gasteiger partial charge in [-0.25, -0.2) is 4.98 Å². The Hall–Kier alpha value is -2.42. The molecule has 146 valence electrons. The molecule has 2 aromatic rings. The van der Waals surface area contributed by atoms with E-state index in [4.69, 9.17) is 0 Å². The fourth-order valence-corrected chi connectivity index (χ4v) is 3.29. The minimum Gasteiger partial charge on any atom is -0.344 e. The molecule has 0 aliphatic carbocycles. The van der Waals surface area contributed by atoms with Gasteiger partial charge in [0.05, 0.1) is 5.56 Å². The first kappa shape index (κ1) is 20.9. The van der Waals surface area contributed by atoms with Gasteiger partial charge in [0.15, 0.2) is 5.13 Å². The maximum Gasteiger partial charge on any atom is 0.416 e. The van der Waals surface area contributed by atoms with Gasteiger partial charge in [0.1, 0.15) is 6.04 Å². The lowest BCUT2D eigenvalue weighted by molar-refractivity contribution is -0.137. The van der Waals surface area contributed by atoms with Crippen molar-refractivity contribution in [1.29, 1.82) is 0 Å². The number of aromatic nitrogens is 1. The Bertz CT molecular complexity index is 818. The van der Waals surface area contributed by atoms with Gasteiger partial charge in [-0.3, -0.25) is 9.59 Å². The predicted molar refractivity (Wildman–Crippen MR) is 97.4 cm³/mol. The van der Waals surface area contributed by atoms with Crippen LogP contribution < -0.4 is 10.6 Å². The van der Waals surface area contributed by atoms with Crippen LogP contribution >= 0.6 is 11.3 Å². The van der Waals surface area contributed by atoms with E-state index in [1.54, 1.807) is 19.9 Å². The molecule has 1 atom stereocenters. The van der Waals surface area contributed by atoms with Gasteiger partial charge in [-0.1, -0.05) is 32.0 Å². The third kappa shape index (κ3) is 6.06. The Kier molecular flexibility index (Phi) is 6.59. The number of hydrogen-bond donors (Lipinski definition) is 2. The smallest absolute Gasteiger partial charge is 0.344 e. The van der Waals surface area contributed by atoms with Crippen LogP contribution in [-0.2, 0) is 22.2 Å². The van der Waals surface area contributed by atoms with Crippen LogP contribution in [0.5, 0.6) is 0 Å². The molecule has 0 fully saturated rings. The van der Waals surface area contributed by atoms with Crippen LogP contribution in [0.3, 0.4) is 0 Å². The second-order valence-electron chi connectivity index (χ2n) is 6.42. The molecule has 0 aliphatic rings. The van der Waals surface area contributed by atoms with Crippen LogP contribution in [0.15, 0.2) is 30.5 Å². The Morgan fingerprint density at radius 2 is 1.96 bits per heavy atom. The predicted octanol–water partition coefficient (Wildman–Crippen LogP) is 3.85. The first-order valence-electron chi connectivity index (χ1n) is 8.25. The largest absolute Gasteiger partial charge is 0.416 e. The minimum atomic E-state index is -4.39. The van der Waals surface area contributed by atoms with E-state index in [1.165, 1.54) is 30.5 Å². The molecule has 0 saturated carbocycles. The zero-order valence-electron chi connectivity index (χ0n) is 15.1. The molecule has 2 amide bonds. The van der Waals surface area contributed by atoms with E-state index in [0.717, 1.165) is 12.1 Å². The summed E-state index contributed by atoms with van der Waals surface area (Å²) >= 11 is 1.18. The Morgan fingerprint density at radius 3 is 2.56 bits per heavy atom. The highest BCUT2D eigenvalue weighted by Gasteiger charge is 2.30. The van der Waals surface area contributed by atoms with Crippen molar-refractivity contribution < 1.29 is 22.8 Å². The number of rotatable bonds is 6. The fraction of sp³-hybridized carbons (Fsp3) is 0.389. The van der Waals surface area contributed by atoms with Gasteiger partial charge >= 0.3 is 6.18 Å². The third-order valence-electron chi connectivity index (χ3n) is 3.72. The molecule has 2 N–H and O–H groups in total. The number of alkyl halides is 3. The molecular weight excluding hydrogens is 379 g/mol. The summed E-state index contributed by atoms with van der Waals surface area (Å²) < 4.78 is 38.4. The lowest BCUT2D eigenvalue weighted by Gasteiger charge is -2.20. The molecule has 0 spiro atoms. The normalized spacial score (nSPS) is 12.7. The van der Waals surface area contributed by atoms with Gasteiger partial charge in [0, 0.05) is 24.4 Å². The van der Waals surface area contributed by atoms with Crippen LogP contribution in [0, 0.1) is 5.92 Å². The molecule has 5 nitrogen and oxygen atoms in total. The summed E-state index contributed by atoms with van der Waals surface area (Å²) in [5, 5.41) is 5.56. The highest BCUT2D eigenvalue weighted by molar-refractivity contribution is 7.15. The number of anilines is 1. The van der Waals surface area contributed by atoms with Crippen molar-refractivity contribution in [1.82, 2.24) is 10.3 Å². The van der Waals surface area contributed by atoms with E-state index in [1.807, 2.05) is 0 Å². The van der Waals surface area contributed by atoms with E-state index >= 15 is 0 Å². The summed E-state index contributed by atoms with van der Waals surface area (Å²) in [4.78, 5) is 28.4. The molecule has 2 rings (SSSR count). The van der Waals surface area contributed by atoms with E-state index in [-0.39, 0.29) is 24.2 Å². The molecule has 0 aliphatic heterocycles. The molecular formula is C18H20F3N3O2S. The summed E-state index contributed by atoms with van der Waals surface area (Å²) in [5.74, 6) is -0.813. The van der Waals surface area contributed by atoms with Crippen LogP contribution in [0.4, 0.5) is 18.3 Å². The number of hydrogen-bond acceptors (Lipinski definition) is 4. The molecule has 1 heterocycles. The summed E-state index contributed by atoms with van der Waals surface area (Å²) in [6, 6.07) is 4.40. The lowest BCUT2D eigenvalue weighted by atomic mass is 10.0. The van der Waals surface area contributed by atoms with E-state index < -0.39 is 17.8 Å². The Balaban J connectivity index is 2.06. The molecule has 0 unspecified atom stereocenters. The Labute approximate surface area is 159 Å². The first-order chi connectivity index (χ1) is 12.6. The number of halogens is 3. The number of nitrogens with zero attached hydrogens (tertiary/aromatic N) is 1. The quantitative estimate of drug-likeness (QED) is 0.775. The van der Waals surface area contributed by atoms with E-state index in [0.29, 0.717) is 15.6 Å². The highest BCUT2D eigenvalue weighted by Crippen LogP contribution is 2.30. The maximum atomic E-state index is 12.8. The van der Waals surface area contributed by atoms with Crippen molar-refractivity contribution in [3.63, 3.8) is 0 Å². The number of benzene rings is 1. The maximum absolute atomic E-state index is 12.8. The van der Waals surface area contributed by atoms with Gasteiger partial charge in [-0.05, 0) is 17.5 Å². The van der Waals surface area contributed by atoms with Crippen molar-refractivity contribution >= 4 is 28.3 Å². The molecule has 0 saturated heterocycles. The number of nitrogens with one attached hydrogen (secondary N) is 2. The van der Waals surface area contributed by atoms with Crippen molar-refractivity contribution in [2.75, 3.05) is 5.32 Å². The SMILES string of the molecule is CC(=O)N[C@H](C(=O)Nc1ncc(Cc2cccc(C(F)(F)F)c2)s1)C(C)C. The van der Waals surface area contributed by atoms with Gasteiger partial charge in [0.25, 0.3) is 0 Å².